The van der Waals surface area contributed by atoms with Gasteiger partial charge in [0.2, 0.25) is 0 Å². The van der Waals surface area contributed by atoms with Crippen LogP contribution in [0.15, 0.2) is 18.2 Å². The van der Waals surface area contributed by atoms with Crippen molar-refractivity contribution in [1.29, 1.82) is 0 Å². The second-order valence-corrected chi connectivity index (χ2v) is 3.91. The van der Waals surface area contributed by atoms with E-state index in [1.165, 1.54) is 6.07 Å². The number of ether oxygens (including phenoxy) is 1. The first-order valence-electron chi connectivity index (χ1n) is 5.78. The van der Waals surface area contributed by atoms with E-state index in [1.807, 2.05) is 0 Å². The lowest BCUT2D eigenvalue weighted by Crippen LogP contribution is -2.13. The first-order chi connectivity index (χ1) is 7.71. The van der Waals surface area contributed by atoms with Crippen LogP contribution in [0.1, 0.15) is 26.7 Å². The molecular formula is C13H20FNO. The molecule has 0 heterocycles. The summed E-state index contributed by atoms with van der Waals surface area (Å²) in [5.74, 6) is 1.03. The number of hydrogen-bond donors (Lipinski definition) is 1. The fraction of sp³-hybridized carbons (Fsp3) is 0.538. The number of halogens is 1. The van der Waals surface area contributed by atoms with E-state index in [9.17, 15) is 4.39 Å². The highest BCUT2D eigenvalue weighted by Gasteiger charge is 2.07. The van der Waals surface area contributed by atoms with E-state index in [0.717, 1.165) is 19.4 Å². The molecule has 16 heavy (non-hydrogen) atoms. The molecule has 0 fully saturated rings. The van der Waals surface area contributed by atoms with Gasteiger partial charge in [0.1, 0.15) is 11.6 Å². The first-order valence-corrected chi connectivity index (χ1v) is 5.78. The van der Waals surface area contributed by atoms with Crippen LogP contribution in [0, 0.1) is 11.7 Å². The Morgan fingerprint density at radius 2 is 2.00 bits per heavy atom. The van der Waals surface area contributed by atoms with E-state index < -0.39 is 0 Å². The summed E-state index contributed by atoms with van der Waals surface area (Å²) in [6.07, 6.45) is 2.21. The molecule has 0 aliphatic rings. The summed E-state index contributed by atoms with van der Waals surface area (Å²) >= 11 is 0. The van der Waals surface area contributed by atoms with Gasteiger partial charge in [-0.2, -0.15) is 0 Å². The summed E-state index contributed by atoms with van der Waals surface area (Å²) in [7, 11) is 1.58. The molecule has 1 aromatic carbocycles. The van der Waals surface area contributed by atoms with Gasteiger partial charge in [0, 0.05) is 12.6 Å². The van der Waals surface area contributed by atoms with E-state index in [-0.39, 0.29) is 5.82 Å². The standard InChI is InChI=1S/C13H20FNO/c1-4-10(5-2)9-15-13-8-11(16-3)6-7-12(13)14/h6-8,10,15H,4-5,9H2,1-3H3. The molecule has 1 N–H and O–H groups in total. The lowest BCUT2D eigenvalue weighted by Gasteiger charge is -2.15. The van der Waals surface area contributed by atoms with E-state index in [4.69, 9.17) is 4.74 Å². The molecule has 0 atom stereocenters. The Bertz CT molecular complexity index is 324. The zero-order chi connectivity index (χ0) is 12.0. The zero-order valence-electron chi connectivity index (χ0n) is 10.2. The molecule has 90 valence electrons. The molecule has 0 saturated carbocycles. The van der Waals surface area contributed by atoms with Crippen molar-refractivity contribution in [2.45, 2.75) is 26.7 Å². The summed E-state index contributed by atoms with van der Waals surface area (Å²) in [6, 6.07) is 4.74. The van der Waals surface area contributed by atoms with Crippen molar-refractivity contribution >= 4 is 5.69 Å². The maximum Gasteiger partial charge on any atom is 0.146 e. The van der Waals surface area contributed by atoms with Gasteiger partial charge in [-0.05, 0) is 18.1 Å². The molecule has 0 radical (unpaired) electrons. The minimum absolute atomic E-state index is 0.230. The third kappa shape index (κ3) is 3.40. The van der Waals surface area contributed by atoms with E-state index in [0.29, 0.717) is 17.4 Å². The second-order valence-electron chi connectivity index (χ2n) is 3.91. The Morgan fingerprint density at radius 1 is 1.31 bits per heavy atom. The summed E-state index contributed by atoms with van der Waals surface area (Å²) in [4.78, 5) is 0. The van der Waals surface area contributed by atoms with Crippen LogP contribution in [0.25, 0.3) is 0 Å². The van der Waals surface area contributed by atoms with Crippen LogP contribution in [-0.2, 0) is 0 Å². The van der Waals surface area contributed by atoms with Crippen LogP contribution in [0.5, 0.6) is 5.75 Å². The van der Waals surface area contributed by atoms with Crippen LogP contribution < -0.4 is 10.1 Å². The lowest BCUT2D eigenvalue weighted by atomic mass is 10.0. The van der Waals surface area contributed by atoms with Crippen LogP contribution >= 0.6 is 0 Å². The number of benzene rings is 1. The van der Waals surface area contributed by atoms with Gasteiger partial charge in [0.15, 0.2) is 0 Å². The molecule has 0 amide bonds. The SMILES string of the molecule is CCC(CC)CNc1cc(OC)ccc1F. The van der Waals surface area contributed by atoms with Gasteiger partial charge in [0.25, 0.3) is 0 Å². The van der Waals surface area contributed by atoms with Gasteiger partial charge in [-0.3, -0.25) is 0 Å². The van der Waals surface area contributed by atoms with Gasteiger partial charge in [0.05, 0.1) is 12.8 Å². The predicted octanol–water partition coefficient (Wildman–Crippen LogP) is 3.68. The molecule has 0 aromatic heterocycles. The van der Waals surface area contributed by atoms with Crippen LogP contribution in [0.2, 0.25) is 0 Å². The summed E-state index contributed by atoms with van der Waals surface area (Å²) in [5, 5.41) is 3.13. The van der Waals surface area contributed by atoms with Gasteiger partial charge >= 0.3 is 0 Å². The van der Waals surface area contributed by atoms with Gasteiger partial charge in [-0.15, -0.1) is 0 Å². The molecular weight excluding hydrogens is 205 g/mol. The molecule has 0 bridgehead atoms. The molecule has 0 saturated heterocycles. The van der Waals surface area contributed by atoms with Gasteiger partial charge < -0.3 is 10.1 Å². The van der Waals surface area contributed by atoms with E-state index in [1.54, 1.807) is 19.2 Å². The van der Waals surface area contributed by atoms with Crippen LogP contribution in [-0.4, -0.2) is 13.7 Å². The monoisotopic (exact) mass is 225 g/mol. The average molecular weight is 225 g/mol. The van der Waals surface area contributed by atoms with Crippen molar-refractivity contribution in [3.8, 4) is 5.75 Å². The van der Waals surface area contributed by atoms with Gasteiger partial charge in [-0.25, -0.2) is 4.39 Å². The molecule has 0 spiro atoms. The molecule has 2 nitrogen and oxygen atoms in total. The minimum atomic E-state index is -0.230. The van der Waals surface area contributed by atoms with Crippen molar-refractivity contribution in [2.75, 3.05) is 19.0 Å². The smallest absolute Gasteiger partial charge is 0.146 e. The zero-order valence-corrected chi connectivity index (χ0v) is 10.2. The fourth-order valence-corrected chi connectivity index (χ4v) is 1.60. The maximum absolute atomic E-state index is 13.4. The largest absolute Gasteiger partial charge is 0.497 e. The normalized spacial score (nSPS) is 10.6. The quantitative estimate of drug-likeness (QED) is 0.797. The highest BCUT2D eigenvalue weighted by Crippen LogP contribution is 2.21. The molecule has 3 heteroatoms. The first kappa shape index (κ1) is 12.8. The van der Waals surface area contributed by atoms with Crippen molar-refractivity contribution in [1.82, 2.24) is 0 Å². The highest BCUT2D eigenvalue weighted by molar-refractivity contribution is 5.49. The van der Waals surface area contributed by atoms with E-state index in [2.05, 4.69) is 19.2 Å². The Hall–Kier alpha value is -1.25. The lowest BCUT2D eigenvalue weighted by molar-refractivity contribution is 0.414. The van der Waals surface area contributed by atoms with Crippen LogP contribution in [0.4, 0.5) is 10.1 Å². The number of hydrogen-bond acceptors (Lipinski definition) is 2. The fourth-order valence-electron chi connectivity index (χ4n) is 1.60. The summed E-state index contributed by atoms with van der Waals surface area (Å²) in [6.45, 7) is 5.10. The molecule has 0 unspecified atom stereocenters. The molecule has 0 aliphatic carbocycles. The third-order valence-corrected chi connectivity index (χ3v) is 2.91. The molecule has 1 aromatic rings. The Balaban J connectivity index is 2.65. The van der Waals surface area contributed by atoms with Crippen molar-refractivity contribution in [3.05, 3.63) is 24.0 Å². The third-order valence-electron chi connectivity index (χ3n) is 2.91. The van der Waals surface area contributed by atoms with E-state index >= 15 is 0 Å². The van der Waals surface area contributed by atoms with Crippen LogP contribution in [0.3, 0.4) is 0 Å². The number of anilines is 1. The highest BCUT2D eigenvalue weighted by atomic mass is 19.1. The summed E-state index contributed by atoms with van der Waals surface area (Å²) in [5.41, 5.74) is 0.520. The van der Waals surface area contributed by atoms with Crippen molar-refractivity contribution < 1.29 is 9.13 Å². The Labute approximate surface area is 96.8 Å². The minimum Gasteiger partial charge on any atom is -0.497 e. The second kappa shape index (κ2) is 6.36. The van der Waals surface area contributed by atoms with Crippen molar-refractivity contribution in [2.24, 2.45) is 5.92 Å². The average Bonchev–Trinajstić information content (AvgIpc) is 2.32. The molecule has 0 aliphatic heterocycles. The molecule has 1 rings (SSSR count). The number of rotatable bonds is 6. The van der Waals surface area contributed by atoms with Crippen molar-refractivity contribution in [3.63, 3.8) is 0 Å². The number of nitrogens with one attached hydrogen (secondary N) is 1. The Kier molecular flexibility index (Phi) is 5.09. The topological polar surface area (TPSA) is 21.3 Å². The number of methoxy groups -OCH3 is 1. The summed E-state index contributed by atoms with van der Waals surface area (Å²) < 4.78 is 18.5. The Morgan fingerprint density at radius 3 is 2.56 bits per heavy atom. The predicted molar refractivity (Wildman–Crippen MR) is 65.5 cm³/mol. The van der Waals surface area contributed by atoms with Gasteiger partial charge in [-0.1, -0.05) is 26.7 Å². The maximum atomic E-state index is 13.4.